The summed E-state index contributed by atoms with van der Waals surface area (Å²) in [6.07, 6.45) is 1.56. The van der Waals surface area contributed by atoms with Crippen molar-refractivity contribution >= 4 is 5.97 Å². The van der Waals surface area contributed by atoms with Crippen LogP contribution in [0.2, 0.25) is 0 Å². The van der Waals surface area contributed by atoms with Gasteiger partial charge < -0.3 is 14.0 Å². The lowest BCUT2D eigenvalue weighted by atomic mass is 10.3. The van der Waals surface area contributed by atoms with Gasteiger partial charge in [0.2, 0.25) is 5.76 Å². The summed E-state index contributed by atoms with van der Waals surface area (Å²) in [5, 5.41) is 12.6. The van der Waals surface area contributed by atoms with Gasteiger partial charge in [-0.2, -0.15) is 0 Å². The van der Waals surface area contributed by atoms with E-state index in [2.05, 4.69) is 5.16 Å². The number of carboxylic acids is 1. The van der Waals surface area contributed by atoms with Crippen LogP contribution in [0.25, 0.3) is 11.5 Å². The Labute approximate surface area is 104 Å². The number of hydrogen-bond donors (Lipinski definition) is 1. The second-order valence-corrected chi connectivity index (χ2v) is 3.86. The van der Waals surface area contributed by atoms with E-state index in [-0.39, 0.29) is 6.54 Å². The fraction of sp³-hybridized carbons (Fsp3) is 0.333. The summed E-state index contributed by atoms with van der Waals surface area (Å²) in [6, 6.07) is 5.29. The summed E-state index contributed by atoms with van der Waals surface area (Å²) in [5.74, 6) is 0.294. The Morgan fingerprint density at radius 3 is 2.94 bits per heavy atom. The Balaban J connectivity index is 2.04. The van der Waals surface area contributed by atoms with Crippen molar-refractivity contribution in [3.05, 3.63) is 30.2 Å². The predicted molar refractivity (Wildman–Crippen MR) is 62.8 cm³/mol. The van der Waals surface area contributed by atoms with E-state index >= 15 is 0 Å². The van der Waals surface area contributed by atoms with Gasteiger partial charge in [-0.15, -0.1) is 0 Å². The molecule has 2 heterocycles. The summed E-state index contributed by atoms with van der Waals surface area (Å²) >= 11 is 0. The molecule has 0 aliphatic carbocycles. The van der Waals surface area contributed by atoms with Gasteiger partial charge in [-0.05, 0) is 18.7 Å². The van der Waals surface area contributed by atoms with E-state index in [9.17, 15) is 4.79 Å². The largest absolute Gasteiger partial charge is 0.480 e. The van der Waals surface area contributed by atoms with E-state index in [1.54, 1.807) is 29.4 Å². The monoisotopic (exact) mass is 250 g/mol. The number of likely N-dealkylation sites (N-methyl/N-ethyl adjacent to an activating group) is 1. The van der Waals surface area contributed by atoms with Crippen molar-refractivity contribution in [2.75, 3.05) is 13.1 Å². The van der Waals surface area contributed by atoms with Crippen LogP contribution in [0.15, 0.2) is 33.4 Å². The van der Waals surface area contributed by atoms with E-state index in [0.717, 1.165) is 0 Å². The molecule has 2 aromatic heterocycles. The predicted octanol–water partition coefficient (Wildman–Crippen LogP) is 1.84. The number of furan rings is 1. The molecule has 0 aliphatic heterocycles. The first-order valence-corrected chi connectivity index (χ1v) is 5.62. The topological polar surface area (TPSA) is 79.7 Å². The lowest BCUT2D eigenvalue weighted by molar-refractivity contribution is -0.138. The standard InChI is InChI=1S/C12H14N2O4/c1-2-14(8-12(15)16)7-9-6-11(18-13-9)10-4-3-5-17-10/h3-6H,2,7-8H2,1H3,(H,15,16). The molecule has 2 rings (SSSR count). The summed E-state index contributed by atoms with van der Waals surface area (Å²) in [4.78, 5) is 12.4. The highest BCUT2D eigenvalue weighted by Gasteiger charge is 2.13. The van der Waals surface area contributed by atoms with Crippen LogP contribution in [0, 0.1) is 0 Å². The van der Waals surface area contributed by atoms with E-state index < -0.39 is 5.97 Å². The molecule has 0 atom stereocenters. The van der Waals surface area contributed by atoms with Gasteiger partial charge >= 0.3 is 5.97 Å². The van der Waals surface area contributed by atoms with Gasteiger partial charge in [-0.25, -0.2) is 0 Å². The maximum atomic E-state index is 10.7. The highest BCUT2D eigenvalue weighted by Crippen LogP contribution is 2.20. The maximum Gasteiger partial charge on any atom is 0.317 e. The number of hydrogen-bond acceptors (Lipinski definition) is 5. The molecule has 1 N–H and O–H groups in total. The average molecular weight is 250 g/mol. The molecule has 2 aromatic rings. The van der Waals surface area contributed by atoms with Crippen LogP contribution in [0.4, 0.5) is 0 Å². The van der Waals surface area contributed by atoms with Crippen LogP contribution in [0.1, 0.15) is 12.6 Å². The summed E-state index contributed by atoms with van der Waals surface area (Å²) in [5.41, 5.74) is 0.685. The Morgan fingerprint density at radius 2 is 2.33 bits per heavy atom. The lowest BCUT2D eigenvalue weighted by Gasteiger charge is -2.15. The van der Waals surface area contributed by atoms with Gasteiger partial charge in [0.05, 0.1) is 18.5 Å². The molecule has 0 radical (unpaired) electrons. The minimum atomic E-state index is -0.855. The number of rotatable bonds is 6. The number of carboxylic acid groups (broad SMARTS) is 1. The number of aliphatic carboxylic acids is 1. The van der Waals surface area contributed by atoms with Gasteiger partial charge in [0.25, 0.3) is 0 Å². The zero-order valence-corrected chi connectivity index (χ0v) is 10.00. The molecule has 0 spiro atoms. The Kier molecular flexibility index (Phi) is 3.78. The van der Waals surface area contributed by atoms with Crippen molar-refractivity contribution in [3.63, 3.8) is 0 Å². The molecular formula is C12H14N2O4. The molecule has 0 fully saturated rings. The Bertz CT molecular complexity index is 504. The smallest absolute Gasteiger partial charge is 0.317 e. The molecule has 0 aromatic carbocycles. The van der Waals surface area contributed by atoms with Gasteiger partial charge in [0.1, 0.15) is 0 Å². The number of aromatic nitrogens is 1. The third-order valence-electron chi connectivity index (χ3n) is 2.51. The molecule has 0 amide bonds. The molecule has 0 saturated heterocycles. The fourth-order valence-corrected chi connectivity index (χ4v) is 1.62. The lowest BCUT2D eigenvalue weighted by Crippen LogP contribution is -2.29. The van der Waals surface area contributed by atoms with Gasteiger partial charge in [0, 0.05) is 12.6 Å². The first kappa shape index (κ1) is 12.4. The van der Waals surface area contributed by atoms with E-state index in [1.165, 1.54) is 0 Å². The molecule has 0 aliphatic rings. The van der Waals surface area contributed by atoms with Crippen LogP contribution >= 0.6 is 0 Å². The first-order valence-electron chi connectivity index (χ1n) is 5.62. The van der Waals surface area contributed by atoms with Gasteiger partial charge in [-0.1, -0.05) is 12.1 Å². The number of nitrogens with zero attached hydrogens (tertiary/aromatic N) is 2. The molecule has 0 saturated carbocycles. The highest BCUT2D eigenvalue weighted by molar-refractivity contribution is 5.69. The van der Waals surface area contributed by atoms with Crippen molar-refractivity contribution in [1.82, 2.24) is 10.1 Å². The van der Waals surface area contributed by atoms with Crippen LogP contribution in [-0.4, -0.2) is 34.2 Å². The molecular weight excluding hydrogens is 236 g/mol. The quantitative estimate of drug-likeness (QED) is 0.842. The Morgan fingerprint density at radius 1 is 1.50 bits per heavy atom. The summed E-state index contributed by atoms with van der Waals surface area (Å²) in [6.45, 7) is 2.96. The SMILES string of the molecule is CCN(CC(=O)O)Cc1cc(-c2ccco2)on1. The van der Waals surface area contributed by atoms with Crippen LogP contribution < -0.4 is 0 Å². The average Bonchev–Trinajstić information content (AvgIpc) is 2.97. The maximum absolute atomic E-state index is 10.7. The normalized spacial score (nSPS) is 11.0. The third-order valence-corrected chi connectivity index (χ3v) is 2.51. The second-order valence-electron chi connectivity index (χ2n) is 3.86. The van der Waals surface area contributed by atoms with Crippen molar-refractivity contribution in [3.8, 4) is 11.5 Å². The first-order chi connectivity index (χ1) is 8.69. The zero-order chi connectivity index (χ0) is 13.0. The third kappa shape index (κ3) is 2.98. The highest BCUT2D eigenvalue weighted by atomic mass is 16.5. The Hall–Kier alpha value is -2.08. The molecule has 6 nitrogen and oxygen atoms in total. The van der Waals surface area contributed by atoms with Crippen molar-refractivity contribution in [1.29, 1.82) is 0 Å². The fourth-order valence-electron chi connectivity index (χ4n) is 1.62. The summed E-state index contributed by atoms with van der Waals surface area (Å²) in [7, 11) is 0. The number of carbonyl (C=O) groups is 1. The molecule has 96 valence electrons. The van der Waals surface area contributed by atoms with Crippen LogP contribution in [0.5, 0.6) is 0 Å². The van der Waals surface area contributed by atoms with Crippen molar-refractivity contribution in [2.45, 2.75) is 13.5 Å². The van der Waals surface area contributed by atoms with Crippen LogP contribution in [-0.2, 0) is 11.3 Å². The van der Waals surface area contributed by atoms with Crippen LogP contribution in [0.3, 0.4) is 0 Å². The second kappa shape index (κ2) is 5.50. The van der Waals surface area contributed by atoms with E-state index in [1.807, 2.05) is 6.92 Å². The minimum Gasteiger partial charge on any atom is -0.480 e. The van der Waals surface area contributed by atoms with Gasteiger partial charge in [-0.3, -0.25) is 9.69 Å². The van der Waals surface area contributed by atoms with Crippen molar-refractivity contribution in [2.24, 2.45) is 0 Å². The molecule has 6 heteroatoms. The molecule has 0 unspecified atom stereocenters. The molecule has 18 heavy (non-hydrogen) atoms. The van der Waals surface area contributed by atoms with E-state index in [4.69, 9.17) is 14.0 Å². The molecule has 0 bridgehead atoms. The van der Waals surface area contributed by atoms with E-state index in [0.29, 0.717) is 30.3 Å². The van der Waals surface area contributed by atoms with Crippen molar-refractivity contribution < 1.29 is 18.8 Å². The zero-order valence-electron chi connectivity index (χ0n) is 10.00. The summed E-state index contributed by atoms with van der Waals surface area (Å²) < 4.78 is 10.3. The minimum absolute atomic E-state index is 0.0144. The van der Waals surface area contributed by atoms with Gasteiger partial charge in [0.15, 0.2) is 5.76 Å².